The lowest BCUT2D eigenvalue weighted by atomic mass is 9.87. The third-order valence-corrected chi connectivity index (χ3v) is 9.53. The zero-order valence-electron chi connectivity index (χ0n) is 24.4. The monoisotopic (exact) mass is 608 g/mol. The van der Waals surface area contributed by atoms with Crippen LogP contribution in [-0.2, 0) is 25.3 Å². The maximum absolute atomic E-state index is 13.4. The van der Waals surface area contributed by atoms with Crippen LogP contribution in [-0.4, -0.2) is 45.8 Å². The summed E-state index contributed by atoms with van der Waals surface area (Å²) in [7, 11) is -7.49. The number of benzene rings is 3. The first-order chi connectivity index (χ1) is 19.8. The van der Waals surface area contributed by atoms with Crippen molar-refractivity contribution in [3.05, 3.63) is 95.8 Å². The zero-order chi connectivity index (χ0) is 30.5. The summed E-state index contributed by atoms with van der Waals surface area (Å²) < 4.78 is 60.5. The Morgan fingerprint density at radius 2 is 1.33 bits per heavy atom. The summed E-state index contributed by atoms with van der Waals surface area (Å²) in [5.74, 6) is -0.0240. The maximum Gasteiger partial charge on any atom is 0.263 e. The van der Waals surface area contributed by atoms with Crippen LogP contribution in [0.25, 0.3) is 11.1 Å². The highest BCUT2D eigenvalue weighted by Crippen LogP contribution is 2.35. The number of ether oxygens (including phenoxy) is 1. The van der Waals surface area contributed by atoms with Crippen molar-refractivity contribution in [2.45, 2.75) is 49.8 Å². The first-order valence-corrected chi connectivity index (χ1v) is 16.6. The van der Waals surface area contributed by atoms with E-state index in [4.69, 9.17) is 4.74 Å². The summed E-state index contributed by atoms with van der Waals surface area (Å²) >= 11 is 0. The molecule has 0 aliphatic rings. The predicted octanol–water partition coefficient (Wildman–Crippen LogP) is 5.26. The molecule has 0 spiro atoms. The summed E-state index contributed by atoms with van der Waals surface area (Å²) in [5, 5.41) is 2.90. The van der Waals surface area contributed by atoms with Gasteiger partial charge in [-0.1, -0.05) is 80.4 Å². The number of nitrogens with zero attached hydrogens (tertiary/aromatic N) is 2. The van der Waals surface area contributed by atoms with Gasteiger partial charge >= 0.3 is 0 Å². The van der Waals surface area contributed by atoms with Gasteiger partial charge in [0.05, 0.1) is 15.4 Å². The fourth-order valence-corrected chi connectivity index (χ4v) is 6.26. The van der Waals surface area contributed by atoms with Crippen molar-refractivity contribution in [3.8, 4) is 17.0 Å². The fourth-order valence-electron chi connectivity index (χ4n) is 4.11. The van der Waals surface area contributed by atoms with Crippen LogP contribution in [0.3, 0.4) is 0 Å². The van der Waals surface area contributed by atoms with Gasteiger partial charge in [0.25, 0.3) is 10.0 Å². The second kappa shape index (κ2) is 12.6. The van der Waals surface area contributed by atoms with E-state index in [0.717, 1.165) is 16.7 Å². The third-order valence-electron chi connectivity index (χ3n) is 6.60. The van der Waals surface area contributed by atoms with Gasteiger partial charge in [0.15, 0.2) is 15.7 Å². The topological polar surface area (TPSA) is 127 Å². The molecule has 0 amide bonds. The van der Waals surface area contributed by atoms with Crippen LogP contribution in [0, 0.1) is 13.8 Å². The number of sulfonamides is 1. The van der Waals surface area contributed by atoms with Gasteiger partial charge in [-0.25, -0.2) is 26.8 Å². The highest BCUT2D eigenvalue weighted by atomic mass is 32.2. The largest absolute Gasteiger partial charge is 0.476 e. The van der Waals surface area contributed by atoms with Gasteiger partial charge in [-0.3, -0.25) is 10.0 Å². The minimum absolute atomic E-state index is 0.0682. The molecule has 9 nitrogen and oxygen atoms in total. The summed E-state index contributed by atoms with van der Waals surface area (Å²) in [4.78, 5) is 8.86. The van der Waals surface area contributed by atoms with E-state index in [9.17, 15) is 16.8 Å². The summed E-state index contributed by atoms with van der Waals surface area (Å²) in [6.07, 6.45) is 1.23. The van der Waals surface area contributed by atoms with Crippen LogP contribution in [0.1, 0.15) is 37.5 Å². The van der Waals surface area contributed by atoms with Gasteiger partial charge in [-0.2, -0.15) is 0 Å². The second-order valence-corrected chi connectivity index (χ2v) is 14.7. The van der Waals surface area contributed by atoms with Gasteiger partial charge in [0.2, 0.25) is 5.88 Å². The van der Waals surface area contributed by atoms with E-state index in [-0.39, 0.29) is 45.9 Å². The molecule has 11 heteroatoms. The number of hydrogen-bond acceptors (Lipinski definition) is 8. The van der Waals surface area contributed by atoms with Crippen molar-refractivity contribution in [1.82, 2.24) is 15.3 Å². The lowest BCUT2D eigenvalue weighted by molar-refractivity contribution is 0.306. The predicted molar refractivity (Wildman–Crippen MR) is 165 cm³/mol. The van der Waals surface area contributed by atoms with Crippen LogP contribution >= 0.6 is 0 Å². The Hall–Kier alpha value is -3.80. The quantitative estimate of drug-likeness (QED) is 0.221. The molecule has 222 valence electrons. The van der Waals surface area contributed by atoms with Crippen molar-refractivity contribution in [2.75, 3.05) is 23.8 Å². The molecule has 3 aromatic carbocycles. The zero-order valence-corrected chi connectivity index (χ0v) is 26.0. The van der Waals surface area contributed by atoms with E-state index in [1.54, 1.807) is 48.5 Å². The van der Waals surface area contributed by atoms with Crippen molar-refractivity contribution in [2.24, 2.45) is 0 Å². The van der Waals surface area contributed by atoms with Crippen molar-refractivity contribution < 1.29 is 21.6 Å². The smallest absolute Gasteiger partial charge is 0.263 e. The molecule has 0 atom stereocenters. The third kappa shape index (κ3) is 7.72. The minimum atomic E-state index is -3.98. The Labute approximate surface area is 248 Å². The highest BCUT2D eigenvalue weighted by molar-refractivity contribution is 7.92. The average Bonchev–Trinajstić information content (AvgIpc) is 2.93. The van der Waals surface area contributed by atoms with E-state index in [1.807, 2.05) is 38.1 Å². The molecule has 0 unspecified atom stereocenters. The Morgan fingerprint density at radius 3 is 1.93 bits per heavy atom. The van der Waals surface area contributed by atoms with Crippen LogP contribution in [0.4, 0.5) is 5.82 Å². The fraction of sp³-hybridized carbons (Fsp3) is 0.290. The average molecular weight is 609 g/mol. The molecule has 0 radical (unpaired) electrons. The minimum Gasteiger partial charge on any atom is -0.476 e. The Kier molecular flexibility index (Phi) is 9.34. The molecule has 0 bridgehead atoms. The van der Waals surface area contributed by atoms with E-state index < -0.39 is 19.9 Å². The number of anilines is 1. The number of hydrogen-bond donors (Lipinski definition) is 2. The van der Waals surface area contributed by atoms with Crippen LogP contribution in [0.2, 0.25) is 0 Å². The molecule has 1 heterocycles. The Balaban J connectivity index is 1.53. The van der Waals surface area contributed by atoms with Gasteiger partial charge in [-0.05, 0) is 54.7 Å². The van der Waals surface area contributed by atoms with Gasteiger partial charge < -0.3 is 4.74 Å². The molecule has 1 aromatic heterocycles. The van der Waals surface area contributed by atoms with Gasteiger partial charge in [0.1, 0.15) is 18.8 Å². The highest BCUT2D eigenvalue weighted by Gasteiger charge is 2.23. The second-order valence-electron chi connectivity index (χ2n) is 11.1. The molecule has 0 saturated carbocycles. The molecule has 4 rings (SSSR count). The first kappa shape index (κ1) is 31.1. The SMILES string of the molecule is Cc1ccc(-c2c(NS(=O)(=O)c3ccc(C(C)(C)C)cc3)ncnc2OCCNCS(=O)(=O)c2ccc(C)cc2)cc1. The lowest BCUT2D eigenvalue weighted by Crippen LogP contribution is -2.27. The van der Waals surface area contributed by atoms with Crippen LogP contribution < -0.4 is 14.8 Å². The van der Waals surface area contributed by atoms with E-state index in [2.05, 4.69) is 40.8 Å². The van der Waals surface area contributed by atoms with Crippen molar-refractivity contribution in [1.29, 1.82) is 0 Å². The van der Waals surface area contributed by atoms with Crippen LogP contribution in [0.15, 0.2) is 88.9 Å². The molecular formula is C31H36N4O5S2. The van der Waals surface area contributed by atoms with E-state index in [1.165, 1.54) is 6.33 Å². The number of aryl methyl sites for hydroxylation is 2. The summed E-state index contributed by atoms with van der Waals surface area (Å²) in [5.41, 5.74) is 3.93. The Morgan fingerprint density at radius 1 is 0.762 bits per heavy atom. The molecule has 2 N–H and O–H groups in total. The number of rotatable bonds is 11. The van der Waals surface area contributed by atoms with Crippen molar-refractivity contribution in [3.63, 3.8) is 0 Å². The molecule has 0 aliphatic carbocycles. The number of sulfone groups is 1. The summed E-state index contributed by atoms with van der Waals surface area (Å²) in [6.45, 7) is 10.3. The molecular weight excluding hydrogens is 572 g/mol. The lowest BCUT2D eigenvalue weighted by Gasteiger charge is -2.19. The number of nitrogens with one attached hydrogen (secondary N) is 2. The molecule has 0 fully saturated rings. The number of aromatic nitrogens is 2. The van der Waals surface area contributed by atoms with Crippen LogP contribution in [0.5, 0.6) is 5.88 Å². The maximum atomic E-state index is 13.4. The Bertz CT molecular complexity index is 1730. The van der Waals surface area contributed by atoms with E-state index in [0.29, 0.717) is 11.1 Å². The summed E-state index contributed by atoms with van der Waals surface area (Å²) in [6, 6.07) is 20.9. The molecule has 4 aromatic rings. The standard InChI is InChI=1S/C31H36N4O5S2/c1-22-6-10-24(11-7-22)28-29(35-42(38,39)27-16-12-25(13-17-27)31(3,4)5)33-20-34-30(28)40-19-18-32-21-41(36,37)26-14-8-23(2)9-15-26/h6-17,20,32H,18-19,21H2,1-5H3,(H,33,34,35). The molecule has 42 heavy (non-hydrogen) atoms. The van der Waals surface area contributed by atoms with E-state index >= 15 is 0 Å². The molecule has 0 saturated heterocycles. The van der Waals surface area contributed by atoms with Gasteiger partial charge in [-0.15, -0.1) is 0 Å². The van der Waals surface area contributed by atoms with Gasteiger partial charge in [0, 0.05) is 6.54 Å². The molecule has 0 aliphatic heterocycles. The normalized spacial score (nSPS) is 12.2. The first-order valence-electron chi connectivity index (χ1n) is 13.4. The van der Waals surface area contributed by atoms with Crippen molar-refractivity contribution >= 4 is 25.7 Å².